The SMILES string of the molecule is CC(C)C(=O)N(C1CCC(C)(C)CC1)C1CNC(C(=O)O)C1.Cl. The van der Waals surface area contributed by atoms with E-state index in [1.165, 1.54) is 0 Å². The van der Waals surface area contributed by atoms with E-state index in [0.717, 1.165) is 25.7 Å². The molecule has 1 saturated carbocycles. The lowest BCUT2D eigenvalue weighted by Crippen LogP contribution is -2.51. The summed E-state index contributed by atoms with van der Waals surface area (Å²) in [5.41, 5.74) is 0.362. The maximum Gasteiger partial charge on any atom is 0.320 e. The number of nitrogens with one attached hydrogen (secondary N) is 1. The number of carboxylic acid groups (broad SMARTS) is 1. The summed E-state index contributed by atoms with van der Waals surface area (Å²) in [5, 5.41) is 12.2. The van der Waals surface area contributed by atoms with E-state index in [0.29, 0.717) is 18.4 Å². The van der Waals surface area contributed by atoms with E-state index in [9.17, 15) is 14.7 Å². The van der Waals surface area contributed by atoms with Gasteiger partial charge in [0.1, 0.15) is 6.04 Å². The van der Waals surface area contributed by atoms with Gasteiger partial charge >= 0.3 is 5.97 Å². The van der Waals surface area contributed by atoms with Crippen molar-refractivity contribution in [1.29, 1.82) is 0 Å². The molecule has 0 radical (unpaired) electrons. The van der Waals surface area contributed by atoms with E-state index in [1.807, 2.05) is 18.7 Å². The van der Waals surface area contributed by atoms with E-state index >= 15 is 0 Å². The molecule has 1 heterocycles. The Bertz CT molecular complexity index is 430. The molecule has 2 atom stereocenters. The van der Waals surface area contributed by atoms with Crippen LogP contribution in [-0.2, 0) is 9.59 Å². The van der Waals surface area contributed by atoms with Gasteiger partial charge in [0.2, 0.25) is 5.91 Å². The normalized spacial score (nSPS) is 27.5. The number of aliphatic carboxylic acids is 1. The van der Waals surface area contributed by atoms with E-state index in [2.05, 4.69) is 19.2 Å². The van der Waals surface area contributed by atoms with Crippen LogP contribution in [0.5, 0.6) is 0 Å². The van der Waals surface area contributed by atoms with Crippen molar-refractivity contribution in [2.24, 2.45) is 11.3 Å². The molecule has 0 spiro atoms. The summed E-state index contributed by atoms with van der Waals surface area (Å²) < 4.78 is 0. The predicted octanol–water partition coefficient (Wildman–Crippen LogP) is 2.68. The minimum Gasteiger partial charge on any atom is -0.480 e. The van der Waals surface area contributed by atoms with Gasteiger partial charge in [0.05, 0.1) is 0 Å². The van der Waals surface area contributed by atoms with Crippen LogP contribution < -0.4 is 5.32 Å². The molecule has 23 heavy (non-hydrogen) atoms. The fraction of sp³-hybridized carbons (Fsp3) is 0.882. The highest BCUT2D eigenvalue weighted by Crippen LogP contribution is 2.38. The highest BCUT2D eigenvalue weighted by atomic mass is 35.5. The van der Waals surface area contributed by atoms with Crippen molar-refractivity contribution in [2.75, 3.05) is 6.54 Å². The molecule has 2 rings (SSSR count). The highest BCUT2D eigenvalue weighted by molar-refractivity contribution is 5.85. The van der Waals surface area contributed by atoms with Gasteiger partial charge in [0, 0.05) is 24.5 Å². The number of rotatable bonds is 4. The van der Waals surface area contributed by atoms with Crippen LogP contribution in [0.25, 0.3) is 0 Å². The summed E-state index contributed by atoms with van der Waals surface area (Å²) in [5.74, 6) is -0.689. The Hall–Kier alpha value is -0.810. The number of hydrogen-bond acceptors (Lipinski definition) is 3. The van der Waals surface area contributed by atoms with Crippen LogP contribution in [0.1, 0.15) is 59.8 Å². The van der Waals surface area contributed by atoms with Gasteiger partial charge in [-0.05, 0) is 37.5 Å². The number of carbonyl (C=O) groups is 2. The third-order valence-corrected chi connectivity index (χ3v) is 5.25. The van der Waals surface area contributed by atoms with Gasteiger partial charge in [-0.3, -0.25) is 9.59 Å². The number of carboxylic acids is 1. The third kappa shape index (κ3) is 4.83. The third-order valence-electron chi connectivity index (χ3n) is 5.25. The fourth-order valence-electron chi connectivity index (χ4n) is 3.74. The Kier molecular flexibility index (Phi) is 6.90. The zero-order valence-electron chi connectivity index (χ0n) is 14.7. The van der Waals surface area contributed by atoms with Crippen LogP contribution >= 0.6 is 12.4 Å². The van der Waals surface area contributed by atoms with Gasteiger partial charge in [-0.15, -0.1) is 12.4 Å². The monoisotopic (exact) mass is 346 g/mol. The number of carbonyl (C=O) groups excluding carboxylic acids is 1. The molecule has 5 nitrogen and oxygen atoms in total. The van der Waals surface area contributed by atoms with Crippen molar-refractivity contribution in [3.8, 4) is 0 Å². The standard InChI is InChI=1S/C17H30N2O3.ClH/c1-11(2)15(20)19(12-5-7-17(3,4)8-6-12)13-9-14(16(21)22)18-10-13;/h11-14,18H,5-10H2,1-4H3,(H,21,22);1H. The molecule has 0 aromatic rings. The summed E-state index contributed by atoms with van der Waals surface area (Å²) >= 11 is 0. The first kappa shape index (κ1) is 20.2. The molecule has 1 amide bonds. The Morgan fingerprint density at radius 1 is 1.17 bits per heavy atom. The zero-order chi connectivity index (χ0) is 16.5. The largest absolute Gasteiger partial charge is 0.480 e. The molecule has 0 bridgehead atoms. The molecule has 1 aliphatic heterocycles. The van der Waals surface area contributed by atoms with Crippen LogP contribution in [0, 0.1) is 11.3 Å². The van der Waals surface area contributed by atoms with Crippen LogP contribution in [0.4, 0.5) is 0 Å². The van der Waals surface area contributed by atoms with Gasteiger partial charge < -0.3 is 15.3 Å². The first-order valence-corrected chi connectivity index (χ1v) is 8.49. The van der Waals surface area contributed by atoms with Gasteiger partial charge in [0.15, 0.2) is 0 Å². The van der Waals surface area contributed by atoms with Crippen molar-refractivity contribution in [3.63, 3.8) is 0 Å². The molecule has 134 valence electrons. The Labute approximate surface area is 145 Å². The van der Waals surface area contributed by atoms with E-state index in [-0.39, 0.29) is 36.3 Å². The minimum atomic E-state index is -0.816. The second-order valence-corrected chi connectivity index (χ2v) is 7.98. The van der Waals surface area contributed by atoms with E-state index in [4.69, 9.17) is 0 Å². The van der Waals surface area contributed by atoms with Crippen LogP contribution in [0.3, 0.4) is 0 Å². The van der Waals surface area contributed by atoms with Crippen LogP contribution in [0.2, 0.25) is 0 Å². The number of nitrogens with zero attached hydrogens (tertiary/aromatic N) is 1. The van der Waals surface area contributed by atoms with Crippen LogP contribution in [0.15, 0.2) is 0 Å². The molecule has 6 heteroatoms. The average Bonchev–Trinajstić information content (AvgIpc) is 2.90. The van der Waals surface area contributed by atoms with Crippen molar-refractivity contribution in [2.45, 2.75) is 77.9 Å². The molecule has 1 saturated heterocycles. The first-order valence-electron chi connectivity index (χ1n) is 8.49. The smallest absolute Gasteiger partial charge is 0.320 e. The molecular formula is C17H31ClN2O3. The van der Waals surface area contributed by atoms with Crippen molar-refractivity contribution in [1.82, 2.24) is 10.2 Å². The lowest BCUT2D eigenvalue weighted by molar-refractivity contribution is -0.142. The molecule has 0 aromatic heterocycles. The summed E-state index contributed by atoms with van der Waals surface area (Å²) in [6.07, 6.45) is 4.83. The maximum absolute atomic E-state index is 12.7. The lowest BCUT2D eigenvalue weighted by Gasteiger charge is -2.43. The van der Waals surface area contributed by atoms with Crippen molar-refractivity contribution >= 4 is 24.3 Å². The van der Waals surface area contributed by atoms with Crippen molar-refractivity contribution < 1.29 is 14.7 Å². The second kappa shape index (κ2) is 7.84. The first-order chi connectivity index (χ1) is 10.2. The zero-order valence-corrected chi connectivity index (χ0v) is 15.5. The molecular weight excluding hydrogens is 316 g/mol. The van der Waals surface area contributed by atoms with Gasteiger partial charge in [-0.1, -0.05) is 27.7 Å². The molecule has 2 aliphatic rings. The van der Waals surface area contributed by atoms with E-state index in [1.54, 1.807) is 0 Å². The summed E-state index contributed by atoms with van der Waals surface area (Å²) in [6, 6.07) is -0.239. The number of hydrogen-bond donors (Lipinski definition) is 2. The molecule has 2 fully saturated rings. The molecule has 2 N–H and O–H groups in total. The number of amides is 1. The van der Waals surface area contributed by atoms with Crippen molar-refractivity contribution in [3.05, 3.63) is 0 Å². The van der Waals surface area contributed by atoms with Crippen LogP contribution in [-0.4, -0.2) is 46.6 Å². The summed E-state index contributed by atoms with van der Waals surface area (Å²) in [6.45, 7) is 9.03. The highest BCUT2D eigenvalue weighted by Gasteiger charge is 2.40. The quantitative estimate of drug-likeness (QED) is 0.821. The Balaban J connectivity index is 0.00000264. The number of halogens is 1. The average molecular weight is 347 g/mol. The maximum atomic E-state index is 12.7. The fourth-order valence-corrected chi connectivity index (χ4v) is 3.74. The lowest BCUT2D eigenvalue weighted by atomic mass is 9.75. The molecule has 2 unspecified atom stereocenters. The van der Waals surface area contributed by atoms with Gasteiger partial charge in [0.25, 0.3) is 0 Å². The Morgan fingerprint density at radius 2 is 1.74 bits per heavy atom. The topological polar surface area (TPSA) is 69.6 Å². The Morgan fingerprint density at radius 3 is 2.17 bits per heavy atom. The van der Waals surface area contributed by atoms with E-state index < -0.39 is 12.0 Å². The summed E-state index contributed by atoms with van der Waals surface area (Å²) in [4.78, 5) is 25.9. The second-order valence-electron chi connectivity index (χ2n) is 7.98. The van der Waals surface area contributed by atoms with Gasteiger partial charge in [-0.2, -0.15) is 0 Å². The summed E-state index contributed by atoms with van der Waals surface area (Å²) in [7, 11) is 0. The predicted molar refractivity (Wildman–Crippen MR) is 92.8 cm³/mol. The minimum absolute atomic E-state index is 0. The molecule has 1 aliphatic carbocycles. The molecule has 0 aromatic carbocycles. The van der Waals surface area contributed by atoms with Gasteiger partial charge in [-0.25, -0.2) is 0 Å².